The van der Waals surface area contributed by atoms with Crippen LogP contribution in [0.2, 0.25) is 0 Å². The van der Waals surface area contributed by atoms with Gasteiger partial charge in [-0.2, -0.15) is 0 Å². The minimum atomic E-state index is -1.42. The van der Waals surface area contributed by atoms with Gasteiger partial charge in [0, 0.05) is 0 Å². The summed E-state index contributed by atoms with van der Waals surface area (Å²) in [5.41, 5.74) is 5.68. The van der Waals surface area contributed by atoms with Gasteiger partial charge >= 0.3 is 0 Å². The minimum absolute atomic E-state index is 0.114. The normalized spacial score (nSPS) is 25.6. The van der Waals surface area contributed by atoms with E-state index < -0.39 is 61.4 Å². The highest BCUT2D eigenvalue weighted by Crippen LogP contribution is 2.33. The molecule has 340 valence electrons. The first-order valence-corrected chi connectivity index (χ1v) is 22.3. The molecule has 6 aromatic carbocycles. The van der Waals surface area contributed by atoms with Crippen molar-refractivity contribution >= 4 is 0 Å². The molecular formula is C54H58O11. The van der Waals surface area contributed by atoms with Crippen LogP contribution in [0.5, 0.6) is 0 Å². The molecule has 10 atom stereocenters. The summed E-state index contributed by atoms with van der Waals surface area (Å²) in [4.78, 5) is 0. The third-order valence-electron chi connectivity index (χ3n) is 11.5. The second kappa shape index (κ2) is 24.4. The SMILES string of the molecule is O[C@H]1[C@H](OC[C@H]2O[C@@H](O)[C@H](OCc3ccccc3)[C@@H](OCc3ccccc3)[C@H]2OCc2ccccc2)O[C@H](COCc2ccccc2)[C@@H](OCc2ccccc2)[C@@H]1OCc1ccccc1. The molecule has 0 saturated carbocycles. The first-order chi connectivity index (χ1) is 32.1. The second-order valence-corrected chi connectivity index (χ2v) is 16.2. The maximum Gasteiger partial charge on any atom is 0.186 e. The van der Waals surface area contributed by atoms with Gasteiger partial charge in [0.25, 0.3) is 0 Å². The third kappa shape index (κ3) is 13.5. The highest BCUT2D eigenvalue weighted by molar-refractivity contribution is 5.18. The molecule has 0 bridgehead atoms. The van der Waals surface area contributed by atoms with Crippen molar-refractivity contribution in [1.82, 2.24) is 0 Å². The molecule has 11 nitrogen and oxygen atoms in total. The van der Waals surface area contributed by atoms with Gasteiger partial charge in [-0.15, -0.1) is 0 Å². The van der Waals surface area contributed by atoms with E-state index >= 15 is 0 Å². The fourth-order valence-electron chi connectivity index (χ4n) is 8.05. The van der Waals surface area contributed by atoms with Crippen LogP contribution >= 0.6 is 0 Å². The van der Waals surface area contributed by atoms with Crippen molar-refractivity contribution in [1.29, 1.82) is 0 Å². The van der Waals surface area contributed by atoms with Crippen molar-refractivity contribution in [3.05, 3.63) is 215 Å². The van der Waals surface area contributed by atoms with Crippen LogP contribution in [0, 0.1) is 0 Å². The Labute approximate surface area is 381 Å². The van der Waals surface area contributed by atoms with Crippen LogP contribution in [0.1, 0.15) is 33.4 Å². The topological polar surface area (TPSA) is 124 Å². The van der Waals surface area contributed by atoms with E-state index in [-0.39, 0.29) is 46.2 Å². The quantitative estimate of drug-likeness (QED) is 0.0691. The monoisotopic (exact) mass is 882 g/mol. The summed E-state index contributed by atoms with van der Waals surface area (Å²) in [5, 5.41) is 24.0. The molecule has 2 fully saturated rings. The van der Waals surface area contributed by atoms with Crippen LogP contribution in [0.3, 0.4) is 0 Å². The van der Waals surface area contributed by atoms with Gasteiger partial charge in [0.1, 0.15) is 48.8 Å². The summed E-state index contributed by atoms with van der Waals surface area (Å²) in [6.07, 6.45) is -9.77. The fourth-order valence-corrected chi connectivity index (χ4v) is 8.05. The minimum Gasteiger partial charge on any atom is -0.385 e. The molecule has 0 aliphatic carbocycles. The van der Waals surface area contributed by atoms with Gasteiger partial charge in [0.2, 0.25) is 0 Å². The Bertz CT molecular complexity index is 2210. The molecule has 0 amide bonds. The molecule has 2 aliphatic heterocycles. The molecule has 65 heavy (non-hydrogen) atoms. The summed E-state index contributed by atoms with van der Waals surface area (Å²) in [6.45, 7) is 1.39. The zero-order valence-corrected chi connectivity index (χ0v) is 36.3. The van der Waals surface area contributed by atoms with Crippen LogP contribution in [-0.4, -0.2) is 84.8 Å². The number of rotatable bonds is 22. The zero-order valence-electron chi connectivity index (χ0n) is 36.3. The van der Waals surface area contributed by atoms with E-state index in [0.29, 0.717) is 6.61 Å². The largest absolute Gasteiger partial charge is 0.385 e. The Kier molecular flexibility index (Phi) is 17.4. The molecule has 2 aliphatic rings. The van der Waals surface area contributed by atoms with Crippen molar-refractivity contribution in [2.75, 3.05) is 13.2 Å². The van der Waals surface area contributed by atoms with Crippen molar-refractivity contribution in [3.63, 3.8) is 0 Å². The highest BCUT2D eigenvalue weighted by Gasteiger charge is 2.51. The van der Waals surface area contributed by atoms with E-state index in [1.165, 1.54) is 0 Å². The van der Waals surface area contributed by atoms with Crippen molar-refractivity contribution in [3.8, 4) is 0 Å². The Morgan fingerprint density at radius 3 is 1.06 bits per heavy atom. The third-order valence-corrected chi connectivity index (χ3v) is 11.5. The van der Waals surface area contributed by atoms with E-state index in [9.17, 15) is 10.2 Å². The molecule has 0 spiro atoms. The van der Waals surface area contributed by atoms with Gasteiger partial charge in [0.05, 0.1) is 52.9 Å². The van der Waals surface area contributed by atoms with E-state index in [0.717, 1.165) is 33.4 Å². The van der Waals surface area contributed by atoms with Crippen LogP contribution in [0.15, 0.2) is 182 Å². The van der Waals surface area contributed by atoms with Gasteiger partial charge < -0.3 is 52.8 Å². The number of benzene rings is 6. The lowest BCUT2D eigenvalue weighted by molar-refractivity contribution is -0.344. The lowest BCUT2D eigenvalue weighted by Crippen LogP contribution is -2.63. The lowest BCUT2D eigenvalue weighted by Gasteiger charge is -2.46. The second-order valence-electron chi connectivity index (χ2n) is 16.2. The maximum absolute atomic E-state index is 12.2. The van der Waals surface area contributed by atoms with Gasteiger partial charge in [0.15, 0.2) is 12.6 Å². The molecule has 0 aromatic heterocycles. The molecule has 0 unspecified atom stereocenters. The van der Waals surface area contributed by atoms with Crippen molar-refractivity contribution in [2.45, 2.75) is 101 Å². The molecular weight excluding hydrogens is 825 g/mol. The van der Waals surface area contributed by atoms with E-state index in [1.54, 1.807) is 0 Å². The van der Waals surface area contributed by atoms with Gasteiger partial charge in [-0.1, -0.05) is 182 Å². The zero-order chi connectivity index (χ0) is 44.5. The molecule has 8 rings (SSSR count). The molecule has 2 N–H and O–H groups in total. The summed E-state index contributed by atoms with van der Waals surface area (Å²) < 4.78 is 58.8. The molecule has 2 saturated heterocycles. The predicted molar refractivity (Wildman–Crippen MR) is 243 cm³/mol. The number of ether oxygens (including phenoxy) is 9. The van der Waals surface area contributed by atoms with Crippen LogP contribution in [0.4, 0.5) is 0 Å². The predicted octanol–water partition coefficient (Wildman–Crippen LogP) is 7.95. The number of aliphatic hydroxyl groups is 2. The van der Waals surface area contributed by atoms with Crippen LogP contribution in [0.25, 0.3) is 0 Å². The standard InChI is InChI=1S/C54H58O11/c55-47-50(60-34-42-25-13-4-14-26-42)48(58-32-40-21-9-2-10-22-40)45(37-57-31-39-19-7-1-8-20-39)65-54(47)63-38-46-49(59-33-41-23-11-3-12-24-41)51(61-35-43-27-15-5-16-28-43)52(53(56)64-46)62-36-44-29-17-6-18-30-44/h1-30,45-56H,31-38H2/t45-,46-,47-,48-,49+,50-,51+,52-,53-,54-/m1/s1. The van der Waals surface area contributed by atoms with E-state index in [2.05, 4.69) is 0 Å². The highest BCUT2D eigenvalue weighted by atomic mass is 16.7. The Balaban J connectivity index is 1.05. The molecule has 0 radical (unpaired) electrons. The Hall–Kier alpha value is -5.12. The number of aliphatic hydroxyl groups excluding tert-OH is 2. The van der Waals surface area contributed by atoms with Crippen LogP contribution in [-0.2, 0) is 82.3 Å². The number of hydrogen-bond acceptors (Lipinski definition) is 11. The summed E-state index contributed by atoms with van der Waals surface area (Å²) in [6, 6.07) is 58.8. The first-order valence-electron chi connectivity index (χ1n) is 22.3. The first kappa shape index (κ1) is 46.4. The average molecular weight is 883 g/mol. The van der Waals surface area contributed by atoms with Crippen LogP contribution < -0.4 is 0 Å². The Morgan fingerprint density at radius 1 is 0.323 bits per heavy atom. The average Bonchev–Trinajstić information content (AvgIpc) is 3.36. The Morgan fingerprint density at radius 2 is 0.646 bits per heavy atom. The maximum atomic E-state index is 12.2. The van der Waals surface area contributed by atoms with Gasteiger partial charge in [-0.25, -0.2) is 0 Å². The van der Waals surface area contributed by atoms with Crippen molar-refractivity contribution in [2.24, 2.45) is 0 Å². The van der Waals surface area contributed by atoms with Gasteiger partial charge in [-0.05, 0) is 33.4 Å². The van der Waals surface area contributed by atoms with E-state index in [4.69, 9.17) is 42.6 Å². The lowest BCUT2D eigenvalue weighted by atomic mass is 9.97. The molecule has 6 aromatic rings. The molecule has 2 heterocycles. The van der Waals surface area contributed by atoms with Gasteiger partial charge in [-0.3, -0.25) is 0 Å². The van der Waals surface area contributed by atoms with Crippen molar-refractivity contribution < 1.29 is 52.8 Å². The van der Waals surface area contributed by atoms with E-state index in [1.807, 2.05) is 182 Å². The summed E-state index contributed by atoms with van der Waals surface area (Å²) in [5.74, 6) is 0. The smallest absolute Gasteiger partial charge is 0.186 e. The fraction of sp³-hybridized carbons (Fsp3) is 0.333. The number of hydrogen-bond donors (Lipinski definition) is 2. The summed E-state index contributed by atoms with van der Waals surface area (Å²) in [7, 11) is 0. The summed E-state index contributed by atoms with van der Waals surface area (Å²) >= 11 is 0. The molecule has 11 heteroatoms.